The Morgan fingerprint density at radius 2 is 1.53 bits per heavy atom. The van der Waals surface area contributed by atoms with Crippen LogP contribution in [0.4, 0.5) is 10.1 Å². The number of nitrogens with zero attached hydrogens (tertiary/aromatic N) is 2. The molecule has 0 spiro atoms. The lowest BCUT2D eigenvalue weighted by Gasteiger charge is -2.34. The monoisotopic (exact) mass is 607 g/mol. The summed E-state index contributed by atoms with van der Waals surface area (Å²) in [6, 6.07) is 21.5. The molecule has 9 heteroatoms. The minimum atomic E-state index is -3.89. The van der Waals surface area contributed by atoms with Gasteiger partial charge in [0.25, 0.3) is 0 Å². The second-order valence-corrected chi connectivity index (χ2v) is 14.3. The fourth-order valence-electron chi connectivity index (χ4n) is 5.47. The van der Waals surface area contributed by atoms with Gasteiger partial charge >= 0.3 is 0 Å². The van der Waals surface area contributed by atoms with Gasteiger partial charge in [-0.05, 0) is 47.6 Å². The maximum atomic E-state index is 14.9. The van der Waals surface area contributed by atoms with E-state index in [1.807, 2.05) is 42.5 Å². The van der Waals surface area contributed by atoms with E-state index < -0.39 is 34.3 Å². The smallest absolute Gasteiger partial charge is 0.244 e. The fraction of sp³-hybridized carbons (Fsp3) is 0.412. The van der Waals surface area contributed by atoms with E-state index in [1.54, 1.807) is 30.3 Å². The van der Waals surface area contributed by atoms with E-state index >= 15 is 0 Å². The molecule has 0 heterocycles. The van der Waals surface area contributed by atoms with Crippen molar-refractivity contribution in [2.75, 3.05) is 17.1 Å². The number of carbonyl (C=O) groups excluding carboxylic acids is 2. The van der Waals surface area contributed by atoms with Gasteiger partial charge in [0.2, 0.25) is 21.8 Å². The van der Waals surface area contributed by atoms with E-state index in [-0.39, 0.29) is 35.9 Å². The molecule has 0 unspecified atom stereocenters. The quantitative estimate of drug-likeness (QED) is 0.308. The summed E-state index contributed by atoms with van der Waals surface area (Å²) in [4.78, 5) is 29.4. The maximum Gasteiger partial charge on any atom is 0.244 e. The third kappa shape index (κ3) is 8.66. The van der Waals surface area contributed by atoms with Crippen molar-refractivity contribution in [3.8, 4) is 0 Å². The van der Waals surface area contributed by atoms with Gasteiger partial charge in [-0.3, -0.25) is 13.9 Å². The summed E-state index contributed by atoms with van der Waals surface area (Å²) >= 11 is 0. The highest BCUT2D eigenvalue weighted by molar-refractivity contribution is 7.92. The normalized spacial score (nSPS) is 14.7. The molecule has 1 aliphatic rings. The average molecular weight is 608 g/mol. The molecule has 1 N–H and O–H groups in total. The van der Waals surface area contributed by atoms with Crippen molar-refractivity contribution in [1.82, 2.24) is 10.2 Å². The second kappa shape index (κ2) is 13.7. The maximum absolute atomic E-state index is 14.9. The molecule has 3 aromatic rings. The Kier molecular flexibility index (Phi) is 10.3. The zero-order chi connectivity index (χ0) is 31.2. The van der Waals surface area contributed by atoms with Crippen LogP contribution in [-0.2, 0) is 38.0 Å². The minimum Gasteiger partial charge on any atom is -0.352 e. The van der Waals surface area contributed by atoms with Gasteiger partial charge in [0.15, 0.2) is 0 Å². The Labute approximate surface area is 255 Å². The van der Waals surface area contributed by atoms with Gasteiger partial charge < -0.3 is 10.2 Å². The number of rotatable bonds is 11. The van der Waals surface area contributed by atoms with Crippen molar-refractivity contribution in [3.05, 3.63) is 101 Å². The fourth-order valence-corrected chi connectivity index (χ4v) is 6.32. The lowest BCUT2D eigenvalue weighted by Crippen LogP contribution is -2.54. The van der Waals surface area contributed by atoms with Crippen molar-refractivity contribution in [2.24, 2.45) is 0 Å². The molecule has 0 saturated heterocycles. The van der Waals surface area contributed by atoms with Gasteiger partial charge in [0, 0.05) is 24.6 Å². The number of benzene rings is 3. The Morgan fingerprint density at radius 3 is 2.12 bits per heavy atom. The summed E-state index contributed by atoms with van der Waals surface area (Å²) in [6.07, 6.45) is 4.99. The molecule has 0 aliphatic heterocycles. The first-order valence-electron chi connectivity index (χ1n) is 14.8. The van der Waals surface area contributed by atoms with Crippen LogP contribution in [0.3, 0.4) is 0 Å². The molecule has 0 radical (unpaired) electrons. The Balaban J connectivity index is 1.72. The van der Waals surface area contributed by atoms with E-state index in [2.05, 4.69) is 26.1 Å². The SMILES string of the molecule is CC(C)(C)c1ccc(N(CC(=O)N(Cc2ccccc2F)[C@@H](Cc2ccccc2)C(=O)NC2CCCC2)S(C)(=O)=O)cc1. The number of hydrogen-bond acceptors (Lipinski definition) is 4. The minimum absolute atomic E-state index is 0.00466. The zero-order valence-electron chi connectivity index (χ0n) is 25.4. The van der Waals surface area contributed by atoms with Crippen LogP contribution in [0.2, 0.25) is 0 Å². The lowest BCUT2D eigenvalue weighted by molar-refractivity contribution is -0.140. The molecule has 1 aliphatic carbocycles. The molecule has 3 aromatic carbocycles. The standard InChI is InChI=1S/C34H42FN3O4S/c1-34(2,3)27-18-20-29(21-19-27)38(43(4,41)42)24-32(39)37(23-26-14-8-11-17-30(26)35)31(22-25-12-6-5-7-13-25)33(40)36-28-15-9-10-16-28/h5-8,11-14,17-21,28,31H,9-10,15-16,22-24H2,1-4H3,(H,36,40)/t31-/m0/s1. The third-order valence-corrected chi connectivity index (χ3v) is 9.11. The van der Waals surface area contributed by atoms with E-state index in [4.69, 9.17) is 0 Å². The molecule has 1 fully saturated rings. The molecule has 4 rings (SSSR count). The molecular weight excluding hydrogens is 565 g/mol. The number of carbonyl (C=O) groups is 2. The van der Waals surface area contributed by atoms with Gasteiger partial charge in [0.1, 0.15) is 18.4 Å². The van der Waals surface area contributed by atoms with Crippen LogP contribution in [0.25, 0.3) is 0 Å². The van der Waals surface area contributed by atoms with Crippen LogP contribution < -0.4 is 9.62 Å². The molecule has 0 bridgehead atoms. The van der Waals surface area contributed by atoms with E-state index in [0.717, 1.165) is 47.4 Å². The Hall–Kier alpha value is -3.72. The summed E-state index contributed by atoms with van der Waals surface area (Å²) in [5.74, 6) is -1.44. The molecule has 7 nitrogen and oxygen atoms in total. The molecular formula is C34H42FN3O4S. The van der Waals surface area contributed by atoms with Crippen LogP contribution in [0.5, 0.6) is 0 Å². The zero-order valence-corrected chi connectivity index (χ0v) is 26.2. The lowest BCUT2D eigenvalue weighted by atomic mass is 9.87. The van der Waals surface area contributed by atoms with Gasteiger partial charge in [-0.1, -0.05) is 94.3 Å². The number of nitrogens with one attached hydrogen (secondary N) is 1. The van der Waals surface area contributed by atoms with Crippen LogP contribution >= 0.6 is 0 Å². The average Bonchev–Trinajstić information content (AvgIpc) is 3.47. The van der Waals surface area contributed by atoms with Crippen LogP contribution in [0.15, 0.2) is 78.9 Å². The molecule has 1 saturated carbocycles. The first-order chi connectivity index (χ1) is 20.3. The van der Waals surface area contributed by atoms with Gasteiger partial charge in [-0.25, -0.2) is 12.8 Å². The van der Waals surface area contributed by atoms with E-state index in [0.29, 0.717) is 5.69 Å². The Morgan fingerprint density at radius 1 is 0.930 bits per heavy atom. The van der Waals surface area contributed by atoms with Crippen molar-refractivity contribution < 1.29 is 22.4 Å². The molecule has 2 amide bonds. The van der Waals surface area contributed by atoms with E-state index in [1.165, 1.54) is 11.0 Å². The predicted molar refractivity (Wildman–Crippen MR) is 169 cm³/mol. The van der Waals surface area contributed by atoms with Crippen LogP contribution in [0.1, 0.15) is 63.1 Å². The molecule has 1 atom stereocenters. The van der Waals surface area contributed by atoms with Crippen molar-refractivity contribution >= 4 is 27.5 Å². The van der Waals surface area contributed by atoms with Crippen molar-refractivity contribution in [2.45, 2.75) is 76.9 Å². The number of halogens is 1. The third-order valence-electron chi connectivity index (χ3n) is 7.97. The summed E-state index contributed by atoms with van der Waals surface area (Å²) in [5.41, 5.74) is 2.28. The summed E-state index contributed by atoms with van der Waals surface area (Å²) in [6.45, 7) is 5.45. The highest BCUT2D eigenvalue weighted by Crippen LogP contribution is 2.27. The molecule has 43 heavy (non-hydrogen) atoms. The Bertz CT molecular complexity index is 1500. The number of anilines is 1. The van der Waals surface area contributed by atoms with Crippen LogP contribution in [-0.4, -0.2) is 50.0 Å². The second-order valence-electron chi connectivity index (χ2n) is 12.4. The first kappa shape index (κ1) is 32.2. The van der Waals surface area contributed by atoms with Gasteiger partial charge in [0.05, 0.1) is 11.9 Å². The van der Waals surface area contributed by atoms with Crippen molar-refractivity contribution in [1.29, 1.82) is 0 Å². The summed E-state index contributed by atoms with van der Waals surface area (Å²) < 4.78 is 42.0. The summed E-state index contributed by atoms with van der Waals surface area (Å²) in [7, 11) is -3.89. The van der Waals surface area contributed by atoms with Crippen molar-refractivity contribution in [3.63, 3.8) is 0 Å². The van der Waals surface area contributed by atoms with Crippen LogP contribution in [0, 0.1) is 5.82 Å². The van der Waals surface area contributed by atoms with Gasteiger partial charge in [-0.2, -0.15) is 0 Å². The number of sulfonamides is 1. The topological polar surface area (TPSA) is 86.8 Å². The highest BCUT2D eigenvalue weighted by Gasteiger charge is 2.34. The molecule has 230 valence electrons. The predicted octanol–water partition coefficient (Wildman–Crippen LogP) is 5.59. The van der Waals surface area contributed by atoms with E-state index in [9.17, 15) is 22.4 Å². The molecule has 0 aromatic heterocycles. The number of amides is 2. The first-order valence-corrected chi connectivity index (χ1v) is 16.6. The highest BCUT2D eigenvalue weighted by atomic mass is 32.2. The summed E-state index contributed by atoms with van der Waals surface area (Å²) in [5, 5.41) is 3.11. The number of hydrogen-bond donors (Lipinski definition) is 1. The van der Waals surface area contributed by atoms with Gasteiger partial charge in [-0.15, -0.1) is 0 Å². The largest absolute Gasteiger partial charge is 0.352 e.